The fourth-order valence-electron chi connectivity index (χ4n) is 5.68. The van der Waals surface area contributed by atoms with Crippen LogP contribution in [0.25, 0.3) is 5.57 Å². The monoisotopic (exact) mass is 614 g/mol. The summed E-state index contributed by atoms with van der Waals surface area (Å²) in [5.41, 5.74) is 7.50. The van der Waals surface area contributed by atoms with Crippen molar-refractivity contribution in [2.75, 3.05) is 31.6 Å². The number of amides is 2. The van der Waals surface area contributed by atoms with Gasteiger partial charge in [0, 0.05) is 30.5 Å². The second-order valence-corrected chi connectivity index (χ2v) is 13.4. The number of alkyl carbamates (subject to hydrolysis) is 1. The highest BCUT2D eigenvalue weighted by Crippen LogP contribution is 2.34. The second-order valence-electron chi connectivity index (χ2n) is 11.4. The lowest BCUT2D eigenvalue weighted by molar-refractivity contribution is -0.110. The summed E-state index contributed by atoms with van der Waals surface area (Å²) in [5, 5.41) is 16.9. The van der Waals surface area contributed by atoms with E-state index in [-0.39, 0.29) is 54.7 Å². The van der Waals surface area contributed by atoms with Crippen LogP contribution in [0.5, 0.6) is 0 Å². The van der Waals surface area contributed by atoms with E-state index in [9.17, 15) is 23.1 Å². The molecule has 3 heterocycles. The van der Waals surface area contributed by atoms with Crippen molar-refractivity contribution in [3.05, 3.63) is 65.9 Å². The highest BCUT2D eigenvalue weighted by Gasteiger charge is 2.44. The Morgan fingerprint density at radius 3 is 2.70 bits per heavy atom. The minimum atomic E-state index is -4.13. The summed E-state index contributed by atoms with van der Waals surface area (Å²) in [6.45, 7) is 4.31. The molecule has 0 spiro atoms. The summed E-state index contributed by atoms with van der Waals surface area (Å²) >= 11 is 0. The standard InChI is InChI=1S/C30H38N4O8S/c1-18(2)15-34(43(38,39)20-8-9-24-22(13-20)23(14-31)28(36)32-24)16-26(35)25(12-19-6-4-3-5-7-19)33-30(37)42-27-17-41-29-21(27)10-11-40-29/h3-9,13-14,18,21,25-27,29,35H,10-12,15-17,31H2,1-2H3,(H,32,36)(H,33,37)/b23-14-. The molecule has 0 radical (unpaired) electrons. The number of nitrogens with one attached hydrogen (secondary N) is 2. The van der Waals surface area contributed by atoms with E-state index in [2.05, 4.69) is 10.6 Å². The Balaban J connectivity index is 1.36. The Labute approximate surface area is 251 Å². The average molecular weight is 615 g/mol. The van der Waals surface area contributed by atoms with Crippen molar-refractivity contribution in [1.29, 1.82) is 0 Å². The number of hydrogen-bond donors (Lipinski definition) is 4. The van der Waals surface area contributed by atoms with E-state index >= 15 is 0 Å². The van der Waals surface area contributed by atoms with E-state index in [1.165, 1.54) is 22.5 Å². The van der Waals surface area contributed by atoms with Crippen LogP contribution in [0.15, 0.2) is 59.6 Å². The van der Waals surface area contributed by atoms with Gasteiger partial charge in [-0.2, -0.15) is 4.31 Å². The maximum Gasteiger partial charge on any atom is 0.407 e. The van der Waals surface area contributed by atoms with Gasteiger partial charge in [-0.1, -0.05) is 44.2 Å². The van der Waals surface area contributed by atoms with Crippen LogP contribution in [0.2, 0.25) is 0 Å². The van der Waals surface area contributed by atoms with E-state index < -0.39 is 40.3 Å². The SMILES string of the molecule is CC(C)CN(CC(O)C(Cc1ccccc1)NC(=O)OC1COC2OCCC12)S(=O)(=O)c1ccc2c(c1)/C(=C/N)C(=O)N2. The number of hydrogen-bond acceptors (Lipinski definition) is 9. The molecule has 5 unspecified atom stereocenters. The number of nitrogens with two attached hydrogens (primary N) is 1. The molecule has 2 fully saturated rings. The molecule has 43 heavy (non-hydrogen) atoms. The number of anilines is 1. The van der Waals surface area contributed by atoms with Crippen molar-refractivity contribution in [1.82, 2.24) is 9.62 Å². The first kappa shape index (κ1) is 31.0. The quantitative estimate of drug-likeness (QED) is 0.277. The second kappa shape index (κ2) is 13.0. The van der Waals surface area contributed by atoms with E-state index in [0.717, 1.165) is 18.2 Å². The van der Waals surface area contributed by atoms with Gasteiger partial charge in [0.05, 0.1) is 41.7 Å². The molecular weight excluding hydrogens is 576 g/mol. The third kappa shape index (κ3) is 6.86. The zero-order valence-corrected chi connectivity index (χ0v) is 25.0. The molecule has 0 bridgehead atoms. The van der Waals surface area contributed by atoms with E-state index in [1.54, 1.807) is 0 Å². The predicted octanol–water partition coefficient (Wildman–Crippen LogP) is 2.04. The zero-order chi connectivity index (χ0) is 30.7. The molecule has 13 heteroatoms. The van der Waals surface area contributed by atoms with E-state index in [0.29, 0.717) is 17.9 Å². The van der Waals surface area contributed by atoms with Gasteiger partial charge in [0.15, 0.2) is 6.29 Å². The number of fused-ring (bicyclic) bond motifs is 2. The van der Waals surface area contributed by atoms with Crippen molar-refractivity contribution in [3.63, 3.8) is 0 Å². The number of sulfonamides is 1. The van der Waals surface area contributed by atoms with Crippen LogP contribution in [0, 0.1) is 11.8 Å². The van der Waals surface area contributed by atoms with Crippen molar-refractivity contribution in [3.8, 4) is 0 Å². The molecule has 0 saturated carbocycles. The van der Waals surface area contributed by atoms with Gasteiger partial charge in [-0.3, -0.25) is 4.79 Å². The number of benzene rings is 2. The number of rotatable bonds is 11. The van der Waals surface area contributed by atoms with Gasteiger partial charge >= 0.3 is 6.09 Å². The van der Waals surface area contributed by atoms with Gasteiger partial charge in [0.2, 0.25) is 10.0 Å². The summed E-state index contributed by atoms with van der Waals surface area (Å²) < 4.78 is 45.8. The van der Waals surface area contributed by atoms with Crippen LogP contribution in [-0.2, 0) is 35.4 Å². The first-order chi connectivity index (χ1) is 20.6. The van der Waals surface area contributed by atoms with E-state index in [4.69, 9.17) is 19.9 Å². The first-order valence-corrected chi connectivity index (χ1v) is 15.8. The molecule has 3 aliphatic rings. The Bertz CT molecular complexity index is 1470. The van der Waals surface area contributed by atoms with Crippen molar-refractivity contribution < 1.29 is 37.3 Å². The van der Waals surface area contributed by atoms with Gasteiger partial charge < -0.3 is 35.7 Å². The zero-order valence-electron chi connectivity index (χ0n) is 24.1. The molecule has 232 valence electrons. The Hall–Kier alpha value is -3.49. The van der Waals surface area contributed by atoms with Crippen LogP contribution in [0.3, 0.4) is 0 Å². The molecule has 5 rings (SSSR count). The molecule has 5 N–H and O–H groups in total. The normalized spacial score (nSPS) is 23.7. The summed E-state index contributed by atoms with van der Waals surface area (Å²) in [6.07, 6.45) is -0.784. The number of aliphatic hydroxyl groups excluding tert-OH is 1. The first-order valence-electron chi connectivity index (χ1n) is 14.4. The highest BCUT2D eigenvalue weighted by atomic mass is 32.2. The lowest BCUT2D eigenvalue weighted by Gasteiger charge is -2.31. The summed E-state index contributed by atoms with van der Waals surface area (Å²) in [4.78, 5) is 25.2. The number of aliphatic hydroxyl groups is 1. The number of carbonyl (C=O) groups is 2. The fraction of sp³-hybridized carbons (Fsp3) is 0.467. The lowest BCUT2D eigenvalue weighted by atomic mass is 10.0. The highest BCUT2D eigenvalue weighted by molar-refractivity contribution is 7.89. The lowest BCUT2D eigenvalue weighted by Crippen LogP contribution is -2.51. The maximum atomic E-state index is 13.9. The van der Waals surface area contributed by atoms with Crippen molar-refractivity contribution in [2.45, 2.75) is 56.1 Å². The Morgan fingerprint density at radius 2 is 1.98 bits per heavy atom. The minimum absolute atomic E-state index is 0.0449. The summed E-state index contributed by atoms with van der Waals surface area (Å²) in [6, 6.07) is 12.7. The van der Waals surface area contributed by atoms with Gasteiger partial charge in [0.25, 0.3) is 5.91 Å². The Morgan fingerprint density at radius 1 is 1.21 bits per heavy atom. The van der Waals surface area contributed by atoms with Crippen molar-refractivity contribution >= 4 is 33.3 Å². The van der Waals surface area contributed by atoms with E-state index in [1.807, 2.05) is 44.2 Å². The minimum Gasteiger partial charge on any atom is -0.443 e. The molecule has 0 aromatic heterocycles. The van der Waals surface area contributed by atoms with Gasteiger partial charge in [-0.05, 0) is 42.5 Å². The topological polar surface area (TPSA) is 170 Å². The van der Waals surface area contributed by atoms with Crippen molar-refractivity contribution in [2.24, 2.45) is 17.6 Å². The van der Waals surface area contributed by atoms with Gasteiger partial charge in [-0.15, -0.1) is 0 Å². The number of nitrogens with zero attached hydrogens (tertiary/aromatic N) is 1. The fourth-order valence-corrected chi connectivity index (χ4v) is 7.33. The summed E-state index contributed by atoms with van der Waals surface area (Å²) in [5.74, 6) is -0.542. The molecule has 5 atom stereocenters. The largest absolute Gasteiger partial charge is 0.443 e. The molecule has 2 aromatic rings. The van der Waals surface area contributed by atoms with Crippen LogP contribution in [0.1, 0.15) is 31.4 Å². The van der Waals surface area contributed by atoms with Crippen LogP contribution in [0.4, 0.5) is 10.5 Å². The maximum absolute atomic E-state index is 13.9. The molecular formula is C30H38N4O8S. The third-order valence-corrected chi connectivity index (χ3v) is 9.68. The number of carbonyl (C=O) groups excluding carboxylic acids is 2. The smallest absolute Gasteiger partial charge is 0.407 e. The predicted molar refractivity (Wildman–Crippen MR) is 158 cm³/mol. The summed E-state index contributed by atoms with van der Waals surface area (Å²) in [7, 11) is -4.13. The average Bonchev–Trinajstić information content (AvgIpc) is 3.67. The van der Waals surface area contributed by atoms with Crippen LogP contribution in [-0.4, -0.2) is 80.7 Å². The Kier molecular flexibility index (Phi) is 9.37. The van der Waals surface area contributed by atoms with Gasteiger partial charge in [0.1, 0.15) is 6.10 Å². The third-order valence-electron chi connectivity index (χ3n) is 7.85. The van der Waals surface area contributed by atoms with Crippen LogP contribution < -0.4 is 16.4 Å². The van der Waals surface area contributed by atoms with Gasteiger partial charge in [-0.25, -0.2) is 13.2 Å². The van der Waals surface area contributed by atoms with Crippen LogP contribution >= 0.6 is 0 Å². The number of ether oxygens (including phenoxy) is 3. The molecule has 2 aromatic carbocycles. The molecule has 12 nitrogen and oxygen atoms in total. The molecule has 2 amide bonds. The molecule has 0 aliphatic carbocycles. The molecule has 2 saturated heterocycles. The molecule has 3 aliphatic heterocycles.